The zero-order valence-electron chi connectivity index (χ0n) is 24.6. The van der Waals surface area contributed by atoms with Crippen LogP contribution in [-0.4, -0.2) is 71.2 Å². The number of ketones is 1. The number of hydrogen-bond donors (Lipinski definition) is 5. The molecule has 3 aliphatic rings. The van der Waals surface area contributed by atoms with Gasteiger partial charge in [0.05, 0.1) is 31.3 Å². The normalized spacial score (nSPS) is 27.2. The first-order valence-electron chi connectivity index (χ1n) is 14.7. The van der Waals surface area contributed by atoms with Gasteiger partial charge in [0.25, 0.3) is 0 Å². The summed E-state index contributed by atoms with van der Waals surface area (Å²) in [5, 5.41) is 26.0. The standard InChI is InChI=1S/C31H43N3O8/c1-18(31(29(32)40)12-10-21(35)11-13-31)27(38)34-23(15-20-8-9-25(41-3)24(36)16-20)28(39)33-22(14-19-6-4-5-7-19)26(37)30(2)17-42-30/h6,8-9,16,18,21-23,35-36H,4-5,7,10-15,17H2,1-3H3,(H2,32,40)(H,33,39)(H,34,38)/t18-,21?,22-,23-,30+,31?/m0/s1. The molecule has 11 heteroatoms. The van der Waals surface area contributed by atoms with Crippen LogP contribution in [0.1, 0.15) is 70.8 Å². The number of nitrogens with two attached hydrogens (primary N) is 1. The summed E-state index contributed by atoms with van der Waals surface area (Å²) in [6.45, 7) is 3.59. The highest BCUT2D eigenvalue weighted by Gasteiger charge is 2.51. The van der Waals surface area contributed by atoms with E-state index in [2.05, 4.69) is 16.7 Å². The van der Waals surface area contributed by atoms with Crippen molar-refractivity contribution in [3.8, 4) is 11.5 Å². The molecule has 0 unspecified atom stereocenters. The maximum Gasteiger partial charge on any atom is 0.243 e. The van der Waals surface area contributed by atoms with Crippen molar-refractivity contribution in [2.75, 3.05) is 13.7 Å². The maximum absolute atomic E-state index is 13.8. The number of phenols is 1. The molecule has 42 heavy (non-hydrogen) atoms. The molecule has 3 amide bonds. The number of ether oxygens (including phenoxy) is 2. The summed E-state index contributed by atoms with van der Waals surface area (Å²) >= 11 is 0. The van der Waals surface area contributed by atoms with Gasteiger partial charge < -0.3 is 36.1 Å². The molecular formula is C31H43N3O8. The number of carbonyl (C=O) groups is 4. The molecule has 1 saturated heterocycles. The van der Waals surface area contributed by atoms with Crippen LogP contribution < -0.4 is 21.1 Å². The summed E-state index contributed by atoms with van der Waals surface area (Å²) in [6, 6.07) is 2.71. The first-order chi connectivity index (χ1) is 19.9. The van der Waals surface area contributed by atoms with E-state index in [1.807, 2.05) is 0 Å². The number of phenolic OH excluding ortho intramolecular Hbond substituents is 1. The van der Waals surface area contributed by atoms with Crippen molar-refractivity contribution in [3.63, 3.8) is 0 Å². The summed E-state index contributed by atoms with van der Waals surface area (Å²) in [5.74, 6) is -2.69. The van der Waals surface area contributed by atoms with Gasteiger partial charge in [-0.2, -0.15) is 0 Å². The largest absolute Gasteiger partial charge is 0.504 e. The predicted octanol–water partition coefficient (Wildman–Crippen LogP) is 1.81. The zero-order chi connectivity index (χ0) is 30.7. The van der Waals surface area contributed by atoms with Gasteiger partial charge in [-0.25, -0.2) is 0 Å². The second kappa shape index (κ2) is 12.8. The van der Waals surface area contributed by atoms with Crippen molar-refractivity contribution in [2.24, 2.45) is 17.1 Å². The average Bonchev–Trinajstić information content (AvgIpc) is 3.50. The first kappa shape index (κ1) is 31.5. The average molecular weight is 586 g/mol. The molecule has 11 nitrogen and oxygen atoms in total. The van der Waals surface area contributed by atoms with Crippen LogP contribution in [0.2, 0.25) is 0 Å². The SMILES string of the molecule is COc1ccc(C[C@H](NC(=O)[C@H](C)C2(C(N)=O)CCC(O)CC2)C(=O)N[C@@H](CC2=CCCC2)C(=O)[C@@]2(C)CO2)cc1O. The van der Waals surface area contributed by atoms with Crippen LogP contribution >= 0.6 is 0 Å². The Bertz CT molecular complexity index is 1230. The van der Waals surface area contributed by atoms with Crippen molar-refractivity contribution in [1.29, 1.82) is 0 Å². The van der Waals surface area contributed by atoms with E-state index in [0.717, 1.165) is 24.8 Å². The zero-order valence-corrected chi connectivity index (χ0v) is 24.6. The van der Waals surface area contributed by atoms with E-state index in [-0.39, 0.29) is 43.2 Å². The number of methoxy groups -OCH3 is 1. The number of nitrogens with one attached hydrogen (secondary N) is 2. The van der Waals surface area contributed by atoms with Crippen molar-refractivity contribution >= 4 is 23.5 Å². The van der Waals surface area contributed by atoms with Gasteiger partial charge in [0.15, 0.2) is 17.3 Å². The highest BCUT2D eigenvalue weighted by Crippen LogP contribution is 2.43. The van der Waals surface area contributed by atoms with Gasteiger partial charge in [0.1, 0.15) is 11.6 Å². The molecule has 4 rings (SSSR count). The van der Waals surface area contributed by atoms with Crippen molar-refractivity contribution in [2.45, 2.75) is 95.4 Å². The highest BCUT2D eigenvalue weighted by molar-refractivity contribution is 5.98. The van der Waals surface area contributed by atoms with Gasteiger partial charge in [-0.05, 0) is 76.0 Å². The molecule has 1 aromatic carbocycles. The van der Waals surface area contributed by atoms with Crippen LogP contribution in [0.4, 0.5) is 0 Å². The number of Topliss-reactive ketones (excluding diaryl/α,β-unsaturated/α-hetero) is 1. The summed E-state index contributed by atoms with van der Waals surface area (Å²) in [5.41, 5.74) is 5.32. The smallest absolute Gasteiger partial charge is 0.243 e. The van der Waals surface area contributed by atoms with Gasteiger partial charge in [0.2, 0.25) is 17.7 Å². The molecule has 1 aromatic rings. The molecule has 1 heterocycles. The minimum absolute atomic E-state index is 0.00150. The Morgan fingerprint density at radius 3 is 2.33 bits per heavy atom. The van der Waals surface area contributed by atoms with Gasteiger partial charge in [-0.3, -0.25) is 19.2 Å². The Hall–Kier alpha value is -3.44. The van der Waals surface area contributed by atoms with Crippen LogP contribution in [0, 0.1) is 11.3 Å². The topological polar surface area (TPSA) is 181 Å². The Morgan fingerprint density at radius 2 is 1.79 bits per heavy atom. The molecule has 6 N–H and O–H groups in total. The predicted molar refractivity (Wildman–Crippen MR) is 153 cm³/mol. The summed E-state index contributed by atoms with van der Waals surface area (Å²) < 4.78 is 10.5. The maximum atomic E-state index is 13.8. The number of hydrogen-bond acceptors (Lipinski definition) is 8. The van der Waals surface area contributed by atoms with E-state index in [0.29, 0.717) is 24.8 Å². The lowest BCUT2D eigenvalue weighted by molar-refractivity contribution is -0.144. The van der Waals surface area contributed by atoms with Gasteiger partial charge >= 0.3 is 0 Å². The fourth-order valence-electron chi connectivity index (χ4n) is 6.15. The second-order valence-electron chi connectivity index (χ2n) is 12.1. The van der Waals surface area contributed by atoms with Crippen molar-refractivity contribution < 1.29 is 38.9 Å². The Labute approximate surface area is 246 Å². The molecule has 0 bridgehead atoms. The summed E-state index contributed by atoms with van der Waals surface area (Å²) in [4.78, 5) is 53.4. The number of rotatable bonds is 13. The fourth-order valence-corrected chi connectivity index (χ4v) is 6.15. The van der Waals surface area contributed by atoms with E-state index >= 15 is 0 Å². The lowest BCUT2D eigenvalue weighted by Crippen LogP contribution is -2.57. The van der Waals surface area contributed by atoms with Crippen LogP contribution in [0.25, 0.3) is 0 Å². The van der Waals surface area contributed by atoms with E-state index in [4.69, 9.17) is 15.2 Å². The third-order valence-electron chi connectivity index (χ3n) is 9.21. The number of aliphatic hydroxyl groups excluding tert-OH is 1. The molecule has 0 spiro atoms. The highest BCUT2D eigenvalue weighted by atomic mass is 16.6. The lowest BCUT2D eigenvalue weighted by atomic mass is 9.65. The van der Waals surface area contributed by atoms with Gasteiger partial charge in [-0.1, -0.05) is 24.6 Å². The molecule has 230 valence electrons. The quantitative estimate of drug-likeness (QED) is 0.172. The second-order valence-corrected chi connectivity index (χ2v) is 12.1. The Balaban J connectivity index is 1.58. The summed E-state index contributed by atoms with van der Waals surface area (Å²) in [6.07, 6.45) is 5.86. The van der Waals surface area contributed by atoms with E-state index in [1.54, 1.807) is 26.0 Å². The Kier molecular flexibility index (Phi) is 9.62. The summed E-state index contributed by atoms with van der Waals surface area (Å²) in [7, 11) is 1.42. The Morgan fingerprint density at radius 1 is 1.12 bits per heavy atom. The van der Waals surface area contributed by atoms with Gasteiger partial charge in [-0.15, -0.1) is 0 Å². The molecule has 2 aliphatic carbocycles. The molecule has 2 fully saturated rings. The lowest BCUT2D eigenvalue weighted by Gasteiger charge is -2.40. The number of primary amides is 1. The number of carbonyl (C=O) groups excluding carboxylic acids is 4. The molecule has 0 aromatic heterocycles. The fraction of sp³-hybridized carbons (Fsp3) is 0.613. The number of aliphatic hydroxyl groups is 1. The number of benzene rings is 1. The van der Waals surface area contributed by atoms with E-state index in [1.165, 1.54) is 13.2 Å². The van der Waals surface area contributed by atoms with Crippen LogP contribution in [0.3, 0.4) is 0 Å². The molecule has 4 atom stereocenters. The van der Waals surface area contributed by atoms with Crippen LogP contribution in [0.5, 0.6) is 11.5 Å². The molecule has 0 radical (unpaired) electrons. The van der Waals surface area contributed by atoms with E-state index < -0.39 is 52.8 Å². The van der Waals surface area contributed by atoms with Crippen LogP contribution in [-0.2, 0) is 30.3 Å². The van der Waals surface area contributed by atoms with Crippen molar-refractivity contribution in [3.05, 3.63) is 35.4 Å². The third kappa shape index (κ3) is 6.95. The molecular weight excluding hydrogens is 542 g/mol. The number of aromatic hydroxyl groups is 1. The molecule has 1 aliphatic heterocycles. The number of epoxide rings is 1. The molecule has 1 saturated carbocycles. The minimum atomic E-state index is -1.16. The monoisotopic (exact) mass is 585 g/mol. The third-order valence-corrected chi connectivity index (χ3v) is 9.21. The number of amides is 3. The first-order valence-corrected chi connectivity index (χ1v) is 14.7. The minimum Gasteiger partial charge on any atom is -0.504 e. The number of allylic oxidation sites excluding steroid dienone is 1. The van der Waals surface area contributed by atoms with Crippen LogP contribution in [0.15, 0.2) is 29.8 Å². The van der Waals surface area contributed by atoms with Crippen molar-refractivity contribution in [1.82, 2.24) is 10.6 Å². The van der Waals surface area contributed by atoms with E-state index in [9.17, 15) is 29.4 Å². The van der Waals surface area contributed by atoms with Gasteiger partial charge in [0, 0.05) is 12.3 Å².